The molecule has 1 heterocycles. The number of rotatable bonds is 9. The monoisotopic (exact) mass is 374 g/mol. The van der Waals surface area contributed by atoms with Gasteiger partial charge >= 0.3 is 11.8 Å². The molecule has 1 saturated heterocycles. The van der Waals surface area contributed by atoms with Crippen molar-refractivity contribution in [2.75, 3.05) is 39.3 Å². The van der Waals surface area contributed by atoms with Gasteiger partial charge < -0.3 is 15.5 Å². The first-order valence-corrected chi connectivity index (χ1v) is 10.2. The van der Waals surface area contributed by atoms with Gasteiger partial charge in [-0.05, 0) is 44.5 Å². The number of hydrogen-bond donors (Lipinski definition) is 2. The predicted octanol–water partition coefficient (Wildman–Crippen LogP) is 1.62. The summed E-state index contributed by atoms with van der Waals surface area (Å²) in [5, 5.41) is 5.62. The summed E-state index contributed by atoms with van der Waals surface area (Å²) in [7, 11) is 0. The Morgan fingerprint density at radius 1 is 1.07 bits per heavy atom. The normalized spacial score (nSPS) is 15.7. The molecular formula is C21H34N4O2. The third-order valence-corrected chi connectivity index (χ3v) is 5.21. The Kier molecular flexibility index (Phi) is 9.28. The van der Waals surface area contributed by atoms with Crippen LogP contribution in [0.3, 0.4) is 0 Å². The molecule has 1 aliphatic rings. The van der Waals surface area contributed by atoms with Gasteiger partial charge in [0.2, 0.25) is 0 Å². The number of nitrogens with zero attached hydrogens (tertiary/aromatic N) is 2. The number of benzene rings is 1. The van der Waals surface area contributed by atoms with Gasteiger partial charge in [-0.25, -0.2) is 0 Å². The Bertz CT molecular complexity index is 567. The third-order valence-electron chi connectivity index (χ3n) is 5.21. The van der Waals surface area contributed by atoms with Crippen LogP contribution in [0.2, 0.25) is 0 Å². The number of likely N-dealkylation sites (tertiary alicyclic amines) is 1. The molecular weight excluding hydrogens is 340 g/mol. The summed E-state index contributed by atoms with van der Waals surface area (Å²) in [4.78, 5) is 28.7. The van der Waals surface area contributed by atoms with Crippen molar-refractivity contribution in [3.05, 3.63) is 35.9 Å². The van der Waals surface area contributed by atoms with Crippen molar-refractivity contribution in [1.29, 1.82) is 0 Å². The van der Waals surface area contributed by atoms with Crippen LogP contribution in [0, 0.1) is 0 Å². The smallest absolute Gasteiger partial charge is 0.309 e. The van der Waals surface area contributed by atoms with E-state index in [0.29, 0.717) is 6.54 Å². The molecule has 0 aromatic heterocycles. The number of amides is 2. The van der Waals surface area contributed by atoms with Crippen molar-refractivity contribution in [2.45, 2.75) is 45.7 Å². The lowest BCUT2D eigenvalue weighted by atomic mass is 10.0. The second-order valence-electron chi connectivity index (χ2n) is 7.15. The minimum atomic E-state index is -0.513. The molecule has 1 aromatic rings. The summed E-state index contributed by atoms with van der Waals surface area (Å²) in [5.41, 5.74) is 1.31. The molecule has 2 rings (SSSR count). The molecule has 0 bridgehead atoms. The van der Waals surface area contributed by atoms with Crippen LogP contribution in [0.5, 0.6) is 0 Å². The largest absolute Gasteiger partial charge is 0.348 e. The van der Waals surface area contributed by atoms with E-state index in [9.17, 15) is 9.59 Å². The maximum atomic E-state index is 12.1. The molecule has 0 spiro atoms. The lowest BCUT2D eigenvalue weighted by Crippen LogP contribution is -2.49. The van der Waals surface area contributed by atoms with E-state index in [0.717, 1.165) is 58.5 Å². The molecule has 6 nitrogen and oxygen atoms in total. The summed E-state index contributed by atoms with van der Waals surface area (Å²) in [5.74, 6) is -1.01. The molecule has 1 aliphatic heterocycles. The molecule has 0 atom stereocenters. The fraction of sp³-hybridized carbons (Fsp3) is 0.619. The first-order chi connectivity index (χ1) is 13.1. The Hall–Kier alpha value is -1.92. The summed E-state index contributed by atoms with van der Waals surface area (Å²) < 4.78 is 0. The Labute approximate surface area is 163 Å². The molecule has 0 aliphatic carbocycles. The van der Waals surface area contributed by atoms with E-state index >= 15 is 0 Å². The third kappa shape index (κ3) is 7.69. The molecule has 27 heavy (non-hydrogen) atoms. The van der Waals surface area contributed by atoms with Gasteiger partial charge in [0.05, 0.1) is 0 Å². The standard InChI is InChI=1S/C21H34N4O2/c1-3-24(4-2)14-8-13-22-20(26)21(27)23-19-11-15-25(16-12-19)17-18-9-6-5-7-10-18/h5-7,9-10,19H,3-4,8,11-17H2,1-2H3,(H,22,26)(H,23,27). The molecule has 6 heteroatoms. The van der Waals surface area contributed by atoms with Crippen molar-refractivity contribution >= 4 is 11.8 Å². The lowest BCUT2D eigenvalue weighted by Gasteiger charge is -2.32. The van der Waals surface area contributed by atoms with Crippen LogP contribution in [-0.2, 0) is 16.1 Å². The summed E-state index contributed by atoms with van der Waals surface area (Å²) in [6.45, 7) is 10.6. The highest BCUT2D eigenvalue weighted by molar-refractivity contribution is 6.35. The molecule has 1 fully saturated rings. The van der Waals surface area contributed by atoms with Crippen LogP contribution < -0.4 is 10.6 Å². The maximum absolute atomic E-state index is 12.1. The Balaban J connectivity index is 1.61. The van der Waals surface area contributed by atoms with Gasteiger partial charge in [0.15, 0.2) is 0 Å². The van der Waals surface area contributed by atoms with Crippen molar-refractivity contribution in [2.24, 2.45) is 0 Å². The van der Waals surface area contributed by atoms with E-state index in [2.05, 4.69) is 58.5 Å². The number of piperidine rings is 1. The topological polar surface area (TPSA) is 64.7 Å². The van der Waals surface area contributed by atoms with Gasteiger partial charge in [0.25, 0.3) is 0 Å². The van der Waals surface area contributed by atoms with Crippen molar-refractivity contribution < 1.29 is 9.59 Å². The van der Waals surface area contributed by atoms with Gasteiger partial charge in [0, 0.05) is 32.2 Å². The second-order valence-corrected chi connectivity index (χ2v) is 7.15. The van der Waals surface area contributed by atoms with Crippen molar-refractivity contribution in [3.63, 3.8) is 0 Å². The van der Waals surface area contributed by atoms with Crippen molar-refractivity contribution in [1.82, 2.24) is 20.4 Å². The molecule has 0 saturated carbocycles. The van der Waals surface area contributed by atoms with Gasteiger partial charge in [0.1, 0.15) is 0 Å². The summed E-state index contributed by atoms with van der Waals surface area (Å²) in [6, 6.07) is 10.5. The maximum Gasteiger partial charge on any atom is 0.309 e. The SMILES string of the molecule is CCN(CC)CCCNC(=O)C(=O)NC1CCN(Cc2ccccc2)CC1. The average molecular weight is 375 g/mol. The molecule has 0 unspecified atom stereocenters. The van der Waals surface area contributed by atoms with Crippen LogP contribution in [0.15, 0.2) is 30.3 Å². The second kappa shape index (κ2) is 11.7. The van der Waals surface area contributed by atoms with E-state index in [-0.39, 0.29) is 6.04 Å². The van der Waals surface area contributed by atoms with Crippen LogP contribution in [-0.4, -0.2) is 66.9 Å². The number of carbonyl (C=O) groups is 2. The molecule has 2 N–H and O–H groups in total. The number of nitrogens with one attached hydrogen (secondary N) is 2. The van der Waals surface area contributed by atoms with E-state index in [4.69, 9.17) is 0 Å². The fourth-order valence-electron chi connectivity index (χ4n) is 3.45. The van der Waals surface area contributed by atoms with E-state index in [1.807, 2.05) is 6.07 Å². The zero-order valence-electron chi connectivity index (χ0n) is 16.7. The van der Waals surface area contributed by atoms with Crippen LogP contribution >= 0.6 is 0 Å². The number of carbonyl (C=O) groups excluding carboxylic acids is 2. The van der Waals surface area contributed by atoms with Gasteiger partial charge in [-0.1, -0.05) is 44.2 Å². The zero-order valence-corrected chi connectivity index (χ0v) is 16.7. The van der Waals surface area contributed by atoms with E-state index < -0.39 is 11.8 Å². The predicted molar refractivity (Wildman–Crippen MR) is 108 cm³/mol. The zero-order chi connectivity index (χ0) is 19.5. The first-order valence-electron chi connectivity index (χ1n) is 10.2. The van der Waals surface area contributed by atoms with E-state index in [1.54, 1.807) is 0 Å². The van der Waals surface area contributed by atoms with Gasteiger partial charge in [-0.15, -0.1) is 0 Å². The Morgan fingerprint density at radius 3 is 2.37 bits per heavy atom. The van der Waals surface area contributed by atoms with Crippen LogP contribution in [0.25, 0.3) is 0 Å². The van der Waals surface area contributed by atoms with Gasteiger partial charge in [-0.3, -0.25) is 14.5 Å². The lowest BCUT2D eigenvalue weighted by molar-refractivity contribution is -0.139. The average Bonchev–Trinajstić information content (AvgIpc) is 2.70. The van der Waals surface area contributed by atoms with Gasteiger partial charge in [-0.2, -0.15) is 0 Å². The molecule has 2 amide bonds. The Morgan fingerprint density at radius 2 is 1.74 bits per heavy atom. The highest BCUT2D eigenvalue weighted by Gasteiger charge is 2.23. The van der Waals surface area contributed by atoms with Crippen molar-refractivity contribution in [3.8, 4) is 0 Å². The highest BCUT2D eigenvalue weighted by Crippen LogP contribution is 2.13. The molecule has 150 valence electrons. The highest BCUT2D eigenvalue weighted by atomic mass is 16.2. The minimum Gasteiger partial charge on any atom is -0.348 e. The van der Waals surface area contributed by atoms with Crippen LogP contribution in [0.1, 0.15) is 38.7 Å². The molecule has 1 aromatic carbocycles. The summed E-state index contributed by atoms with van der Waals surface area (Å²) in [6.07, 6.45) is 2.63. The fourth-order valence-corrected chi connectivity index (χ4v) is 3.45. The van der Waals surface area contributed by atoms with Crippen LogP contribution in [0.4, 0.5) is 0 Å². The quantitative estimate of drug-likeness (QED) is 0.509. The first kappa shape index (κ1) is 21.4. The summed E-state index contributed by atoms with van der Waals surface area (Å²) >= 11 is 0. The number of hydrogen-bond acceptors (Lipinski definition) is 4. The van der Waals surface area contributed by atoms with E-state index in [1.165, 1.54) is 5.56 Å². The molecule has 0 radical (unpaired) electrons. The minimum absolute atomic E-state index is 0.0888.